The summed E-state index contributed by atoms with van der Waals surface area (Å²) in [5, 5.41) is 4.34. The molecule has 0 bridgehead atoms. The Morgan fingerprint density at radius 1 is 1.46 bits per heavy atom. The summed E-state index contributed by atoms with van der Waals surface area (Å²) < 4.78 is 39.9. The summed E-state index contributed by atoms with van der Waals surface area (Å²) in [7, 11) is 0. The second-order valence-corrected chi connectivity index (χ2v) is 5.67. The molecule has 7 heteroatoms. The van der Waals surface area contributed by atoms with Crippen LogP contribution in [-0.4, -0.2) is 28.5 Å². The highest BCUT2D eigenvalue weighted by molar-refractivity contribution is 5.98. The van der Waals surface area contributed by atoms with Gasteiger partial charge in [-0.05, 0) is 38.8 Å². The number of hydrogen-bond donors (Lipinski definition) is 0. The van der Waals surface area contributed by atoms with Gasteiger partial charge in [0.15, 0.2) is 0 Å². The molecule has 0 spiro atoms. The Balaban J connectivity index is 2.18. The predicted octanol–water partition coefficient (Wildman–Crippen LogP) is 3.57. The lowest BCUT2D eigenvalue weighted by Gasteiger charge is -2.12. The van der Waals surface area contributed by atoms with E-state index in [1.807, 2.05) is 6.92 Å². The van der Waals surface area contributed by atoms with Crippen molar-refractivity contribution in [1.29, 1.82) is 0 Å². The molecule has 1 aromatic carbocycles. The van der Waals surface area contributed by atoms with E-state index < -0.39 is 17.6 Å². The molecule has 0 amide bonds. The van der Waals surface area contributed by atoms with Crippen LogP contribution in [0.2, 0.25) is 0 Å². The van der Waals surface area contributed by atoms with Crippen molar-refractivity contribution in [1.82, 2.24) is 9.78 Å². The molecule has 0 saturated carbocycles. The van der Waals surface area contributed by atoms with Gasteiger partial charge in [0.1, 0.15) is 22.9 Å². The standard InChI is InChI=1S/C17H18F2N2O3/c1-3-23-17(22)14-15(12-7-6-11(18)9-13(12)19)20-21-8-4-5-10(2)24-16(14)21/h6-7,9-10H,3-5,8H2,1-2H3. The Morgan fingerprint density at radius 2 is 2.25 bits per heavy atom. The summed E-state index contributed by atoms with van der Waals surface area (Å²) in [6, 6.07) is 3.15. The third-order valence-electron chi connectivity index (χ3n) is 3.87. The van der Waals surface area contributed by atoms with Gasteiger partial charge in [0, 0.05) is 18.2 Å². The van der Waals surface area contributed by atoms with Crippen LogP contribution >= 0.6 is 0 Å². The molecule has 0 aliphatic carbocycles. The van der Waals surface area contributed by atoms with Crippen molar-refractivity contribution in [3.05, 3.63) is 35.4 Å². The number of nitrogens with zero attached hydrogens (tertiary/aromatic N) is 2. The van der Waals surface area contributed by atoms with Crippen molar-refractivity contribution in [2.24, 2.45) is 0 Å². The summed E-state index contributed by atoms with van der Waals surface area (Å²) in [6.45, 7) is 4.30. The first kappa shape index (κ1) is 16.4. The molecular formula is C17H18F2N2O3. The smallest absolute Gasteiger partial charge is 0.345 e. The summed E-state index contributed by atoms with van der Waals surface area (Å²) in [6.07, 6.45) is 1.55. The second-order valence-electron chi connectivity index (χ2n) is 5.67. The molecule has 1 aromatic heterocycles. The van der Waals surface area contributed by atoms with Gasteiger partial charge in [-0.25, -0.2) is 18.3 Å². The number of carbonyl (C=O) groups excluding carboxylic acids is 1. The first-order chi connectivity index (χ1) is 11.5. The topological polar surface area (TPSA) is 53.3 Å². The molecule has 3 rings (SSSR count). The Hall–Kier alpha value is -2.44. The number of aromatic nitrogens is 2. The number of esters is 1. The van der Waals surface area contributed by atoms with Gasteiger partial charge in [0.2, 0.25) is 5.88 Å². The molecule has 5 nitrogen and oxygen atoms in total. The fourth-order valence-electron chi connectivity index (χ4n) is 2.75. The number of halogens is 2. The van der Waals surface area contributed by atoms with Gasteiger partial charge in [0.25, 0.3) is 0 Å². The van der Waals surface area contributed by atoms with Crippen molar-refractivity contribution < 1.29 is 23.0 Å². The van der Waals surface area contributed by atoms with Crippen LogP contribution < -0.4 is 4.74 Å². The molecule has 1 atom stereocenters. The van der Waals surface area contributed by atoms with E-state index in [0.717, 1.165) is 25.0 Å². The van der Waals surface area contributed by atoms with Crippen molar-refractivity contribution >= 4 is 5.97 Å². The molecule has 2 heterocycles. The fourth-order valence-corrected chi connectivity index (χ4v) is 2.75. The van der Waals surface area contributed by atoms with Crippen LogP contribution in [0.5, 0.6) is 5.88 Å². The lowest BCUT2D eigenvalue weighted by molar-refractivity contribution is 0.0520. The minimum atomic E-state index is -0.790. The van der Waals surface area contributed by atoms with Gasteiger partial charge in [-0.15, -0.1) is 0 Å². The molecule has 1 unspecified atom stereocenters. The van der Waals surface area contributed by atoms with Crippen LogP contribution in [0, 0.1) is 11.6 Å². The first-order valence-electron chi connectivity index (χ1n) is 7.91. The van der Waals surface area contributed by atoms with Gasteiger partial charge in [-0.2, -0.15) is 5.10 Å². The van der Waals surface area contributed by atoms with Crippen LogP contribution in [-0.2, 0) is 11.3 Å². The number of fused-ring (bicyclic) bond motifs is 1. The second kappa shape index (κ2) is 6.59. The number of carbonyl (C=O) groups is 1. The maximum Gasteiger partial charge on any atom is 0.345 e. The minimum absolute atomic E-state index is 0.0382. The highest BCUT2D eigenvalue weighted by Gasteiger charge is 2.31. The Labute approximate surface area is 138 Å². The average molecular weight is 336 g/mol. The average Bonchev–Trinajstić information content (AvgIpc) is 2.75. The van der Waals surface area contributed by atoms with Crippen molar-refractivity contribution in [3.8, 4) is 17.1 Å². The summed E-state index contributed by atoms with van der Waals surface area (Å²) in [5.41, 5.74) is 0.224. The van der Waals surface area contributed by atoms with Crippen LogP contribution in [0.4, 0.5) is 8.78 Å². The number of benzene rings is 1. The molecule has 24 heavy (non-hydrogen) atoms. The van der Waals surface area contributed by atoms with Gasteiger partial charge >= 0.3 is 5.97 Å². The van der Waals surface area contributed by atoms with E-state index >= 15 is 0 Å². The van der Waals surface area contributed by atoms with E-state index in [0.29, 0.717) is 6.54 Å². The zero-order valence-electron chi connectivity index (χ0n) is 13.5. The highest BCUT2D eigenvalue weighted by atomic mass is 19.1. The van der Waals surface area contributed by atoms with Crippen molar-refractivity contribution in [2.75, 3.05) is 6.61 Å². The predicted molar refractivity (Wildman–Crippen MR) is 82.9 cm³/mol. The Bertz CT molecular complexity index is 773. The van der Waals surface area contributed by atoms with Crippen LogP contribution in [0.1, 0.15) is 37.0 Å². The van der Waals surface area contributed by atoms with Gasteiger partial charge < -0.3 is 9.47 Å². The number of rotatable bonds is 3. The first-order valence-corrected chi connectivity index (χ1v) is 7.91. The Morgan fingerprint density at radius 3 is 2.96 bits per heavy atom. The monoisotopic (exact) mass is 336 g/mol. The highest BCUT2D eigenvalue weighted by Crippen LogP contribution is 2.35. The number of ether oxygens (including phenoxy) is 2. The maximum atomic E-state index is 14.2. The van der Waals surface area contributed by atoms with Crippen molar-refractivity contribution in [2.45, 2.75) is 39.3 Å². The zero-order valence-corrected chi connectivity index (χ0v) is 13.5. The largest absolute Gasteiger partial charge is 0.474 e. The molecule has 128 valence electrons. The minimum Gasteiger partial charge on any atom is -0.474 e. The van der Waals surface area contributed by atoms with E-state index in [2.05, 4.69) is 5.10 Å². The van der Waals surface area contributed by atoms with Gasteiger partial charge in [0.05, 0.1) is 12.7 Å². The van der Waals surface area contributed by atoms with E-state index in [-0.39, 0.29) is 35.4 Å². The normalized spacial score (nSPS) is 16.9. The molecule has 0 radical (unpaired) electrons. The van der Waals surface area contributed by atoms with Gasteiger partial charge in [-0.3, -0.25) is 0 Å². The van der Waals surface area contributed by atoms with Crippen LogP contribution in [0.25, 0.3) is 11.3 Å². The van der Waals surface area contributed by atoms with Gasteiger partial charge in [-0.1, -0.05) is 0 Å². The Kier molecular flexibility index (Phi) is 4.51. The van der Waals surface area contributed by atoms with Crippen LogP contribution in [0.3, 0.4) is 0 Å². The van der Waals surface area contributed by atoms with E-state index in [4.69, 9.17) is 9.47 Å². The van der Waals surface area contributed by atoms with Crippen molar-refractivity contribution in [3.63, 3.8) is 0 Å². The molecule has 2 aromatic rings. The number of hydrogen-bond acceptors (Lipinski definition) is 4. The molecular weight excluding hydrogens is 318 g/mol. The molecule has 0 fully saturated rings. The van der Waals surface area contributed by atoms with Crippen LogP contribution in [0.15, 0.2) is 18.2 Å². The third-order valence-corrected chi connectivity index (χ3v) is 3.87. The molecule has 1 aliphatic heterocycles. The SMILES string of the molecule is CCOC(=O)c1c(-c2ccc(F)cc2F)nn2c1OC(C)CCC2. The van der Waals surface area contributed by atoms with E-state index in [1.165, 1.54) is 6.07 Å². The summed E-state index contributed by atoms with van der Waals surface area (Å²) in [4.78, 5) is 12.4. The molecule has 0 saturated heterocycles. The molecule has 1 aliphatic rings. The van der Waals surface area contributed by atoms with E-state index in [1.54, 1.807) is 11.6 Å². The summed E-state index contributed by atoms with van der Waals surface area (Å²) in [5.74, 6) is -1.84. The molecule has 0 N–H and O–H groups in total. The zero-order chi connectivity index (χ0) is 17.3. The lowest BCUT2D eigenvalue weighted by atomic mass is 10.1. The summed E-state index contributed by atoms with van der Waals surface area (Å²) >= 11 is 0. The third kappa shape index (κ3) is 2.98. The fraction of sp³-hybridized carbons (Fsp3) is 0.412. The maximum absolute atomic E-state index is 14.2. The lowest BCUT2D eigenvalue weighted by Crippen LogP contribution is -2.14. The number of aryl methyl sites for hydroxylation is 1. The quantitative estimate of drug-likeness (QED) is 0.804. The van der Waals surface area contributed by atoms with E-state index in [9.17, 15) is 13.6 Å².